The summed E-state index contributed by atoms with van der Waals surface area (Å²) in [5.74, 6) is 1.91. The summed E-state index contributed by atoms with van der Waals surface area (Å²) in [4.78, 5) is 8.71. The van der Waals surface area contributed by atoms with Gasteiger partial charge >= 0.3 is 0 Å². The second kappa shape index (κ2) is 4.87. The first-order valence-electron chi connectivity index (χ1n) is 5.06. The third kappa shape index (κ3) is 2.49. The Morgan fingerprint density at radius 3 is 2.71 bits per heavy atom. The fourth-order valence-corrected chi connectivity index (χ4v) is 1.71. The Hall–Kier alpha value is -1.37. The van der Waals surface area contributed by atoms with Crippen LogP contribution in [0.5, 0.6) is 5.75 Å². The van der Waals surface area contributed by atoms with E-state index in [0.717, 1.165) is 20.6 Å². The van der Waals surface area contributed by atoms with E-state index in [-0.39, 0.29) is 0 Å². The average Bonchev–Trinajstić information content (AvgIpc) is 2.35. The third-order valence-electron chi connectivity index (χ3n) is 2.37. The van der Waals surface area contributed by atoms with Gasteiger partial charge in [-0.1, -0.05) is 12.1 Å². The molecule has 5 heteroatoms. The highest BCUT2D eigenvalue weighted by Crippen LogP contribution is 2.24. The Morgan fingerprint density at radius 1 is 1.29 bits per heavy atom. The van der Waals surface area contributed by atoms with Gasteiger partial charge in [0.05, 0.1) is 16.4 Å². The molecule has 0 saturated heterocycles. The van der Waals surface area contributed by atoms with Crippen LogP contribution in [0.25, 0.3) is 11.4 Å². The molecule has 1 aromatic carbocycles. The van der Waals surface area contributed by atoms with Crippen LogP contribution in [0.3, 0.4) is 0 Å². The zero-order chi connectivity index (χ0) is 12.4. The number of aryl methyl sites for hydroxylation is 1. The fourth-order valence-electron chi connectivity index (χ4n) is 1.47. The molecule has 0 aliphatic heterocycles. The Morgan fingerprint density at radius 2 is 2.06 bits per heavy atom. The van der Waals surface area contributed by atoms with Crippen molar-refractivity contribution in [3.8, 4) is 17.1 Å². The van der Waals surface area contributed by atoms with Crippen molar-refractivity contribution in [2.45, 2.75) is 6.92 Å². The van der Waals surface area contributed by atoms with E-state index in [1.165, 1.54) is 0 Å². The largest absolute Gasteiger partial charge is 0.497 e. The zero-order valence-corrected chi connectivity index (χ0v) is 11.7. The van der Waals surface area contributed by atoms with Crippen molar-refractivity contribution in [3.63, 3.8) is 0 Å². The number of ether oxygens (including phenoxy) is 1. The second-order valence-electron chi connectivity index (χ2n) is 3.56. The summed E-state index contributed by atoms with van der Waals surface area (Å²) < 4.78 is 6.07. The fraction of sp³-hybridized carbons (Fsp3) is 0.167. The minimum atomic E-state index is 0.510. The Bertz CT molecular complexity index is 534. The molecule has 2 aromatic rings. The van der Waals surface area contributed by atoms with Crippen LogP contribution in [0, 0.1) is 10.5 Å². The van der Waals surface area contributed by atoms with E-state index in [1.54, 1.807) is 7.11 Å². The highest BCUT2D eigenvalue weighted by molar-refractivity contribution is 14.1. The van der Waals surface area contributed by atoms with Crippen molar-refractivity contribution in [2.24, 2.45) is 0 Å². The van der Waals surface area contributed by atoms with E-state index >= 15 is 0 Å². The number of aromatic nitrogens is 2. The second-order valence-corrected chi connectivity index (χ2v) is 4.64. The normalized spacial score (nSPS) is 10.3. The highest BCUT2D eigenvalue weighted by atomic mass is 127. The number of nitrogens with zero attached hydrogens (tertiary/aromatic N) is 2. The third-order valence-corrected chi connectivity index (χ3v) is 3.70. The molecule has 88 valence electrons. The first-order valence-corrected chi connectivity index (χ1v) is 6.13. The standard InChI is InChI=1S/C12H12IN3O/c1-7-10(13)11(14)16-12(15-7)8-4-3-5-9(6-8)17-2/h3-6H,1-2H3,(H2,14,15,16). The van der Waals surface area contributed by atoms with Crippen LogP contribution in [-0.2, 0) is 0 Å². The number of hydrogen-bond acceptors (Lipinski definition) is 4. The van der Waals surface area contributed by atoms with Crippen LogP contribution in [0.15, 0.2) is 24.3 Å². The number of rotatable bonds is 2. The molecule has 1 heterocycles. The summed E-state index contributed by atoms with van der Waals surface area (Å²) in [6, 6.07) is 7.61. The molecule has 0 aliphatic rings. The van der Waals surface area contributed by atoms with Crippen molar-refractivity contribution in [1.29, 1.82) is 0 Å². The molecule has 0 bridgehead atoms. The van der Waals surface area contributed by atoms with Gasteiger partial charge in [0, 0.05) is 5.56 Å². The minimum Gasteiger partial charge on any atom is -0.497 e. The summed E-state index contributed by atoms with van der Waals surface area (Å²) in [6.07, 6.45) is 0. The van der Waals surface area contributed by atoms with Crippen LogP contribution in [-0.4, -0.2) is 17.1 Å². The molecule has 0 saturated carbocycles. The van der Waals surface area contributed by atoms with Gasteiger partial charge in [0.25, 0.3) is 0 Å². The summed E-state index contributed by atoms with van der Waals surface area (Å²) in [5.41, 5.74) is 7.62. The molecular formula is C12H12IN3O. The molecule has 0 spiro atoms. The van der Waals surface area contributed by atoms with Gasteiger partial charge in [0.2, 0.25) is 0 Å². The maximum Gasteiger partial charge on any atom is 0.161 e. The number of hydrogen-bond donors (Lipinski definition) is 1. The van der Waals surface area contributed by atoms with Crippen molar-refractivity contribution in [2.75, 3.05) is 12.8 Å². The number of halogens is 1. The Labute approximate surface area is 113 Å². The topological polar surface area (TPSA) is 61.0 Å². The lowest BCUT2D eigenvalue weighted by atomic mass is 10.2. The van der Waals surface area contributed by atoms with Gasteiger partial charge in [-0.2, -0.15) is 0 Å². The molecular weight excluding hydrogens is 329 g/mol. The molecule has 0 fully saturated rings. The molecule has 0 unspecified atom stereocenters. The number of benzene rings is 1. The highest BCUT2D eigenvalue weighted by Gasteiger charge is 2.08. The molecule has 0 atom stereocenters. The van der Waals surface area contributed by atoms with Gasteiger partial charge < -0.3 is 10.5 Å². The summed E-state index contributed by atoms with van der Waals surface area (Å²) >= 11 is 2.14. The number of anilines is 1. The summed E-state index contributed by atoms with van der Waals surface area (Å²) in [5, 5.41) is 0. The quantitative estimate of drug-likeness (QED) is 0.853. The van der Waals surface area contributed by atoms with Gasteiger partial charge in [0.15, 0.2) is 5.82 Å². The van der Waals surface area contributed by atoms with Crippen LogP contribution in [0.2, 0.25) is 0 Å². The van der Waals surface area contributed by atoms with Gasteiger partial charge in [-0.05, 0) is 41.6 Å². The predicted molar refractivity (Wildman–Crippen MR) is 75.9 cm³/mol. The molecule has 4 nitrogen and oxygen atoms in total. The lowest BCUT2D eigenvalue weighted by Gasteiger charge is -2.07. The van der Waals surface area contributed by atoms with Crippen molar-refractivity contribution in [3.05, 3.63) is 33.5 Å². The number of methoxy groups -OCH3 is 1. The predicted octanol–water partition coefficient (Wildman–Crippen LogP) is 2.65. The van der Waals surface area contributed by atoms with E-state index in [2.05, 4.69) is 32.6 Å². The van der Waals surface area contributed by atoms with Crippen LogP contribution < -0.4 is 10.5 Å². The molecule has 1 aromatic heterocycles. The molecule has 17 heavy (non-hydrogen) atoms. The molecule has 0 amide bonds. The summed E-state index contributed by atoms with van der Waals surface area (Å²) in [6.45, 7) is 1.92. The van der Waals surface area contributed by atoms with Crippen molar-refractivity contribution >= 4 is 28.4 Å². The van der Waals surface area contributed by atoms with E-state index < -0.39 is 0 Å². The number of nitrogen functional groups attached to an aromatic ring is 1. The maximum atomic E-state index is 5.84. The first-order chi connectivity index (χ1) is 8.11. The minimum absolute atomic E-state index is 0.510. The molecule has 0 aliphatic carbocycles. The summed E-state index contributed by atoms with van der Waals surface area (Å²) in [7, 11) is 1.63. The van der Waals surface area contributed by atoms with Crippen molar-refractivity contribution < 1.29 is 4.74 Å². The van der Waals surface area contributed by atoms with E-state index in [0.29, 0.717) is 11.6 Å². The van der Waals surface area contributed by atoms with Crippen LogP contribution in [0.1, 0.15) is 5.69 Å². The first kappa shape index (κ1) is 12.1. The van der Waals surface area contributed by atoms with Crippen LogP contribution >= 0.6 is 22.6 Å². The smallest absolute Gasteiger partial charge is 0.161 e. The molecule has 0 radical (unpaired) electrons. The molecule has 2 N–H and O–H groups in total. The van der Waals surface area contributed by atoms with Gasteiger partial charge in [-0.15, -0.1) is 0 Å². The van der Waals surface area contributed by atoms with Gasteiger partial charge in [-0.3, -0.25) is 0 Å². The SMILES string of the molecule is COc1cccc(-c2nc(C)c(I)c(N)n2)c1. The molecule has 2 rings (SSSR count). The lowest BCUT2D eigenvalue weighted by Crippen LogP contribution is -2.02. The van der Waals surface area contributed by atoms with E-state index in [9.17, 15) is 0 Å². The van der Waals surface area contributed by atoms with E-state index in [1.807, 2.05) is 31.2 Å². The Kier molecular flexibility index (Phi) is 3.46. The maximum absolute atomic E-state index is 5.84. The van der Waals surface area contributed by atoms with Crippen LogP contribution in [0.4, 0.5) is 5.82 Å². The van der Waals surface area contributed by atoms with Gasteiger partial charge in [-0.25, -0.2) is 9.97 Å². The van der Waals surface area contributed by atoms with Crippen molar-refractivity contribution in [1.82, 2.24) is 9.97 Å². The Balaban J connectivity index is 2.52. The number of nitrogens with two attached hydrogens (primary N) is 1. The monoisotopic (exact) mass is 341 g/mol. The lowest BCUT2D eigenvalue weighted by molar-refractivity contribution is 0.415. The average molecular weight is 341 g/mol. The zero-order valence-electron chi connectivity index (χ0n) is 9.57. The van der Waals surface area contributed by atoms with Gasteiger partial charge in [0.1, 0.15) is 11.6 Å². The van der Waals surface area contributed by atoms with E-state index in [4.69, 9.17) is 10.5 Å².